The van der Waals surface area contributed by atoms with Crippen LogP contribution < -0.4 is 0 Å². The van der Waals surface area contributed by atoms with Gasteiger partial charge in [0, 0.05) is 11.3 Å². The summed E-state index contributed by atoms with van der Waals surface area (Å²) in [4.78, 5) is 9.00. The number of hydrogen-bond donors (Lipinski definition) is 0. The molecule has 0 N–H and O–H groups in total. The zero-order valence-electron chi connectivity index (χ0n) is 13.3. The fraction of sp³-hybridized carbons (Fsp3) is 0.389. The van der Waals surface area contributed by atoms with Crippen LogP contribution in [0.1, 0.15) is 50.7 Å². The van der Waals surface area contributed by atoms with Crippen molar-refractivity contribution in [2.45, 2.75) is 46.0 Å². The van der Waals surface area contributed by atoms with Gasteiger partial charge in [0.25, 0.3) is 0 Å². The van der Waals surface area contributed by atoms with Gasteiger partial charge in [0.1, 0.15) is 5.82 Å². The molecule has 0 spiro atoms. The van der Waals surface area contributed by atoms with Crippen LogP contribution in [0, 0.1) is 18.3 Å². The molecule has 0 bridgehead atoms. The highest BCUT2D eigenvalue weighted by Crippen LogP contribution is 2.26. The number of nitriles is 1. The molecule has 1 heterocycles. The molecule has 0 atom stereocenters. The number of nitrogens with zero attached hydrogens (tertiary/aromatic N) is 3. The van der Waals surface area contributed by atoms with E-state index in [1.54, 1.807) is 0 Å². The Morgan fingerprint density at radius 1 is 1.10 bits per heavy atom. The summed E-state index contributed by atoms with van der Waals surface area (Å²) in [5, 5.41) is 9.20. The molecule has 0 amide bonds. The predicted octanol–water partition coefficient (Wildman–Crippen LogP) is 4.38. The molecule has 1 aromatic heterocycles. The fourth-order valence-corrected chi connectivity index (χ4v) is 2.16. The van der Waals surface area contributed by atoms with Crippen LogP contribution in [0.3, 0.4) is 0 Å². The minimum absolute atomic E-state index is 0.377. The normalized spacial score (nSPS) is 11.5. The lowest BCUT2D eigenvalue weighted by molar-refractivity contribution is 0.687. The zero-order chi connectivity index (χ0) is 15.6. The first-order valence-electron chi connectivity index (χ1n) is 7.21. The van der Waals surface area contributed by atoms with Crippen LogP contribution in [0.4, 0.5) is 0 Å². The Morgan fingerprint density at radius 3 is 2.24 bits per heavy atom. The Labute approximate surface area is 126 Å². The van der Waals surface area contributed by atoms with Gasteiger partial charge in [0.2, 0.25) is 0 Å². The molecule has 0 radical (unpaired) electrons. The second kappa shape index (κ2) is 5.65. The van der Waals surface area contributed by atoms with Gasteiger partial charge < -0.3 is 0 Å². The van der Waals surface area contributed by atoms with E-state index in [0.29, 0.717) is 5.92 Å². The SMILES string of the molecule is Cc1nc(-c2ccc(C(C)(C)C#N)cc2)cc(C(C)C)n1. The lowest BCUT2D eigenvalue weighted by Gasteiger charge is -2.16. The average Bonchev–Trinajstić information content (AvgIpc) is 2.46. The molecule has 0 aliphatic rings. The average molecular weight is 279 g/mol. The Balaban J connectivity index is 2.42. The van der Waals surface area contributed by atoms with E-state index in [2.05, 4.69) is 29.9 Å². The van der Waals surface area contributed by atoms with E-state index in [1.165, 1.54) is 0 Å². The minimum Gasteiger partial charge on any atom is -0.238 e. The Hall–Kier alpha value is -2.21. The molecule has 21 heavy (non-hydrogen) atoms. The first-order chi connectivity index (χ1) is 9.83. The lowest BCUT2D eigenvalue weighted by Crippen LogP contribution is -2.13. The van der Waals surface area contributed by atoms with E-state index in [1.807, 2.05) is 51.1 Å². The quantitative estimate of drug-likeness (QED) is 0.838. The van der Waals surface area contributed by atoms with Crippen LogP contribution in [0.5, 0.6) is 0 Å². The minimum atomic E-state index is -0.469. The van der Waals surface area contributed by atoms with Crippen molar-refractivity contribution in [2.75, 3.05) is 0 Å². The number of hydrogen-bond acceptors (Lipinski definition) is 3. The smallest absolute Gasteiger partial charge is 0.126 e. The topological polar surface area (TPSA) is 49.6 Å². The van der Waals surface area contributed by atoms with Crippen LogP contribution >= 0.6 is 0 Å². The summed E-state index contributed by atoms with van der Waals surface area (Å²) in [6.07, 6.45) is 0. The van der Waals surface area contributed by atoms with Gasteiger partial charge in [-0.05, 0) is 38.3 Å². The molecule has 2 rings (SSSR count). The molecule has 1 aromatic carbocycles. The standard InChI is InChI=1S/C18H21N3/c1-12(2)16-10-17(21-13(3)20-16)14-6-8-15(9-7-14)18(4,5)11-19/h6-10,12H,1-5H3. The maximum Gasteiger partial charge on any atom is 0.126 e. The van der Waals surface area contributed by atoms with Crippen molar-refractivity contribution in [1.82, 2.24) is 9.97 Å². The Bertz CT molecular complexity index is 677. The van der Waals surface area contributed by atoms with E-state index in [0.717, 1.165) is 28.3 Å². The lowest BCUT2D eigenvalue weighted by atomic mass is 9.86. The van der Waals surface area contributed by atoms with Crippen molar-refractivity contribution in [3.63, 3.8) is 0 Å². The molecule has 2 aromatic rings. The maximum atomic E-state index is 9.20. The van der Waals surface area contributed by atoms with Gasteiger partial charge in [-0.3, -0.25) is 0 Å². The summed E-state index contributed by atoms with van der Waals surface area (Å²) < 4.78 is 0. The van der Waals surface area contributed by atoms with Crippen molar-refractivity contribution < 1.29 is 0 Å². The molecule has 108 valence electrons. The van der Waals surface area contributed by atoms with Crippen molar-refractivity contribution in [2.24, 2.45) is 0 Å². The highest BCUT2D eigenvalue weighted by Gasteiger charge is 2.19. The second-order valence-corrected chi connectivity index (χ2v) is 6.19. The first-order valence-corrected chi connectivity index (χ1v) is 7.21. The molecular formula is C18H21N3. The third-order valence-corrected chi connectivity index (χ3v) is 3.63. The third kappa shape index (κ3) is 3.28. The first kappa shape index (κ1) is 15.2. The van der Waals surface area contributed by atoms with Gasteiger partial charge in [0.05, 0.1) is 17.2 Å². The fourth-order valence-electron chi connectivity index (χ4n) is 2.16. The number of rotatable bonds is 3. The summed E-state index contributed by atoms with van der Waals surface area (Å²) in [6.45, 7) is 10.0. The maximum absolute atomic E-state index is 9.20. The molecule has 0 aliphatic carbocycles. The van der Waals surface area contributed by atoms with Crippen molar-refractivity contribution >= 4 is 0 Å². The van der Waals surface area contributed by atoms with E-state index >= 15 is 0 Å². The van der Waals surface area contributed by atoms with Gasteiger partial charge in [-0.25, -0.2) is 9.97 Å². The monoisotopic (exact) mass is 279 g/mol. The van der Waals surface area contributed by atoms with Gasteiger partial charge in [-0.15, -0.1) is 0 Å². The van der Waals surface area contributed by atoms with E-state index in [9.17, 15) is 5.26 Å². The number of benzene rings is 1. The summed E-state index contributed by atoms with van der Waals surface area (Å²) in [7, 11) is 0. The van der Waals surface area contributed by atoms with Gasteiger partial charge in [0.15, 0.2) is 0 Å². The van der Waals surface area contributed by atoms with Crippen molar-refractivity contribution in [3.8, 4) is 17.3 Å². The van der Waals surface area contributed by atoms with Crippen molar-refractivity contribution in [3.05, 3.63) is 47.4 Å². The van der Waals surface area contributed by atoms with E-state index in [4.69, 9.17) is 0 Å². The number of aryl methyl sites for hydroxylation is 1. The zero-order valence-corrected chi connectivity index (χ0v) is 13.3. The highest BCUT2D eigenvalue weighted by molar-refractivity contribution is 5.60. The third-order valence-electron chi connectivity index (χ3n) is 3.63. The molecular weight excluding hydrogens is 258 g/mol. The van der Waals surface area contributed by atoms with Gasteiger partial charge in [-0.1, -0.05) is 38.1 Å². The second-order valence-electron chi connectivity index (χ2n) is 6.19. The van der Waals surface area contributed by atoms with Crippen LogP contribution in [0.2, 0.25) is 0 Å². The molecule has 0 fully saturated rings. The summed E-state index contributed by atoms with van der Waals surface area (Å²) in [5.74, 6) is 1.17. The van der Waals surface area contributed by atoms with Crippen LogP contribution in [0.15, 0.2) is 30.3 Å². The van der Waals surface area contributed by atoms with Crippen LogP contribution in [-0.2, 0) is 5.41 Å². The molecule has 0 saturated carbocycles. The summed E-state index contributed by atoms with van der Waals surface area (Å²) in [5.41, 5.74) is 3.60. The molecule has 0 aliphatic heterocycles. The van der Waals surface area contributed by atoms with Crippen LogP contribution in [-0.4, -0.2) is 9.97 Å². The molecule has 0 saturated heterocycles. The molecule has 3 nitrogen and oxygen atoms in total. The Kier molecular flexibility index (Phi) is 4.09. The highest BCUT2D eigenvalue weighted by atomic mass is 14.9. The van der Waals surface area contributed by atoms with E-state index < -0.39 is 5.41 Å². The van der Waals surface area contributed by atoms with Crippen molar-refractivity contribution in [1.29, 1.82) is 5.26 Å². The molecule has 0 unspecified atom stereocenters. The summed E-state index contributed by atoms with van der Waals surface area (Å²) >= 11 is 0. The summed E-state index contributed by atoms with van der Waals surface area (Å²) in [6, 6.07) is 12.4. The Morgan fingerprint density at radius 2 is 1.71 bits per heavy atom. The van der Waals surface area contributed by atoms with Gasteiger partial charge >= 0.3 is 0 Å². The molecule has 3 heteroatoms. The predicted molar refractivity (Wildman–Crippen MR) is 84.9 cm³/mol. The van der Waals surface area contributed by atoms with E-state index in [-0.39, 0.29) is 0 Å². The van der Waals surface area contributed by atoms with Gasteiger partial charge in [-0.2, -0.15) is 5.26 Å². The van der Waals surface area contributed by atoms with Crippen LogP contribution in [0.25, 0.3) is 11.3 Å². The number of aromatic nitrogens is 2. The largest absolute Gasteiger partial charge is 0.238 e.